The average molecular weight is 290 g/mol. The van der Waals surface area contributed by atoms with Crippen LogP contribution in [0.25, 0.3) is 10.9 Å². The second-order valence-electron chi connectivity index (χ2n) is 5.49. The Morgan fingerprint density at radius 2 is 2.15 bits per heavy atom. The SMILES string of the molecule is CCC1OCCC1C(Cl)Cc1ccc2ccccc2n1. The Morgan fingerprint density at radius 1 is 1.30 bits per heavy atom. The highest BCUT2D eigenvalue weighted by Gasteiger charge is 2.32. The van der Waals surface area contributed by atoms with Gasteiger partial charge in [-0.1, -0.05) is 31.2 Å². The van der Waals surface area contributed by atoms with E-state index in [4.69, 9.17) is 21.3 Å². The first kappa shape index (κ1) is 13.8. The number of fused-ring (bicyclic) bond motifs is 1. The summed E-state index contributed by atoms with van der Waals surface area (Å²) < 4.78 is 5.74. The third-order valence-electron chi connectivity index (χ3n) is 4.19. The first-order valence-electron chi connectivity index (χ1n) is 7.38. The lowest BCUT2D eigenvalue weighted by Crippen LogP contribution is -2.26. The van der Waals surface area contributed by atoms with Crippen LogP contribution in [0.15, 0.2) is 36.4 Å². The molecular weight excluding hydrogens is 270 g/mol. The van der Waals surface area contributed by atoms with Gasteiger partial charge in [0, 0.05) is 35.4 Å². The molecule has 0 spiro atoms. The average Bonchev–Trinajstić information content (AvgIpc) is 2.95. The molecule has 0 N–H and O–H groups in total. The van der Waals surface area contributed by atoms with Crippen LogP contribution < -0.4 is 0 Å². The normalized spacial score (nSPS) is 24.1. The van der Waals surface area contributed by atoms with Crippen molar-refractivity contribution in [2.24, 2.45) is 5.92 Å². The number of rotatable bonds is 4. The molecule has 1 aliphatic rings. The molecule has 106 valence electrons. The van der Waals surface area contributed by atoms with Crippen molar-refractivity contribution in [2.75, 3.05) is 6.61 Å². The van der Waals surface area contributed by atoms with Gasteiger partial charge in [-0.2, -0.15) is 0 Å². The molecule has 3 rings (SSSR count). The highest BCUT2D eigenvalue weighted by Crippen LogP contribution is 2.31. The molecule has 0 aliphatic carbocycles. The fourth-order valence-electron chi connectivity index (χ4n) is 3.07. The van der Waals surface area contributed by atoms with Gasteiger partial charge in [-0.25, -0.2) is 0 Å². The Bertz CT molecular complexity index is 586. The highest BCUT2D eigenvalue weighted by atomic mass is 35.5. The number of nitrogens with zero attached hydrogens (tertiary/aromatic N) is 1. The van der Waals surface area contributed by atoms with Crippen LogP contribution in [-0.2, 0) is 11.2 Å². The molecule has 3 atom stereocenters. The van der Waals surface area contributed by atoms with Gasteiger partial charge < -0.3 is 4.74 Å². The molecule has 3 heteroatoms. The molecular formula is C17H20ClNO. The molecule has 1 aromatic heterocycles. The van der Waals surface area contributed by atoms with Gasteiger partial charge in [0.25, 0.3) is 0 Å². The Balaban J connectivity index is 1.75. The van der Waals surface area contributed by atoms with Crippen LogP contribution in [0.2, 0.25) is 0 Å². The summed E-state index contributed by atoms with van der Waals surface area (Å²) in [7, 11) is 0. The third kappa shape index (κ3) is 2.82. The summed E-state index contributed by atoms with van der Waals surface area (Å²) in [6.07, 6.45) is 3.24. The van der Waals surface area contributed by atoms with Crippen molar-refractivity contribution < 1.29 is 4.74 Å². The molecule has 0 radical (unpaired) electrons. The monoisotopic (exact) mass is 289 g/mol. The van der Waals surface area contributed by atoms with E-state index in [1.807, 2.05) is 12.1 Å². The van der Waals surface area contributed by atoms with Gasteiger partial charge in [0.1, 0.15) is 0 Å². The third-order valence-corrected chi connectivity index (χ3v) is 4.67. The molecule has 1 saturated heterocycles. The standard InChI is InChI=1S/C17H20ClNO/c1-2-17-14(9-10-20-17)15(18)11-13-8-7-12-5-3-4-6-16(12)19-13/h3-8,14-15,17H,2,9-11H2,1H3. The van der Waals surface area contributed by atoms with Crippen LogP contribution in [-0.4, -0.2) is 23.1 Å². The Labute approximate surface area is 125 Å². The van der Waals surface area contributed by atoms with E-state index >= 15 is 0 Å². The molecule has 20 heavy (non-hydrogen) atoms. The van der Waals surface area contributed by atoms with Crippen LogP contribution in [0.1, 0.15) is 25.5 Å². The number of halogens is 1. The van der Waals surface area contributed by atoms with Crippen molar-refractivity contribution in [2.45, 2.75) is 37.7 Å². The van der Waals surface area contributed by atoms with Gasteiger partial charge in [-0.3, -0.25) is 4.98 Å². The van der Waals surface area contributed by atoms with Gasteiger partial charge in [-0.05, 0) is 25.0 Å². The summed E-state index contributed by atoms with van der Waals surface area (Å²) in [5, 5.41) is 1.29. The summed E-state index contributed by atoms with van der Waals surface area (Å²) in [6.45, 7) is 3.01. The molecule has 0 bridgehead atoms. The summed E-state index contributed by atoms with van der Waals surface area (Å²) in [5.41, 5.74) is 2.12. The van der Waals surface area contributed by atoms with Gasteiger partial charge >= 0.3 is 0 Å². The lowest BCUT2D eigenvalue weighted by atomic mass is 9.93. The topological polar surface area (TPSA) is 22.1 Å². The van der Waals surface area contributed by atoms with Gasteiger partial charge in [0.2, 0.25) is 0 Å². The van der Waals surface area contributed by atoms with E-state index in [1.165, 1.54) is 5.39 Å². The number of para-hydroxylation sites is 1. The summed E-state index contributed by atoms with van der Waals surface area (Å²) in [5.74, 6) is 0.454. The van der Waals surface area contributed by atoms with E-state index in [1.54, 1.807) is 0 Å². The van der Waals surface area contributed by atoms with E-state index in [-0.39, 0.29) is 5.38 Å². The predicted octanol–water partition coefficient (Wildman–Crippen LogP) is 4.20. The first-order chi connectivity index (χ1) is 9.78. The van der Waals surface area contributed by atoms with Crippen molar-refractivity contribution in [1.29, 1.82) is 0 Å². The fraction of sp³-hybridized carbons (Fsp3) is 0.471. The molecule has 2 heterocycles. The predicted molar refractivity (Wildman–Crippen MR) is 83.2 cm³/mol. The van der Waals surface area contributed by atoms with Gasteiger partial charge in [0.15, 0.2) is 0 Å². The van der Waals surface area contributed by atoms with E-state index < -0.39 is 0 Å². The number of ether oxygens (including phenoxy) is 1. The van der Waals surface area contributed by atoms with E-state index in [2.05, 4.69) is 31.2 Å². The van der Waals surface area contributed by atoms with E-state index in [0.717, 1.165) is 37.1 Å². The number of hydrogen-bond donors (Lipinski definition) is 0. The zero-order chi connectivity index (χ0) is 13.9. The molecule has 0 saturated carbocycles. The first-order valence-corrected chi connectivity index (χ1v) is 7.82. The van der Waals surface area contributed by atoms with Crippen LogP contribution in [0, 0.1) is 5.92 Å². The second kappa shape index (κ2) is 6.11. The number of pyridine rings is 1. The smallest absolute Gasteiger partial charge is 0.0705 e. The maximum Gasteiger partial charge on any atom is 0.0705 e. The number of benzene rings is 1. The minimum absolute atomic E-state index is 0.108. The number of aromatic nitrogens is 1. The van der Waals surface area contributed by atoms with Crippen molar-refractivity contribution in [3.05, 3.63) is 42.1 Å². The number of alkyl halides is 1. The lowest BCUT2D eigenvalue weighted by molar-refractivity contribution is 0.0864. The van der Waals surface area contributed by atoms with Crippen LogP contribution in [0.5, 0.6) is 0 Å². The molecule has 2 aromatic rings. The minimum Gasteiger partial charge on any atom is -0.378 e. The van der Waals surface area contributed by atoms with Crippen molar-refractivity contribution >= 4 is 22.5 Å². The second-order valence-corrected chi connectivity index (χ2v) is 6.05. The fourth-order valence-corrected chi connectivity index (χ4v) is 3.52. The molecule has 1 fully saturated rings. The summed E-state index contributed by atoms with van der Waals surface area (Å²) in [4.78, 5) is 4.71. The summed E-state index contributed by atoms with van der Waals surface area (Å²) in [6, 6.07) is 12.4. The molecule has 1 aromatic carbocycles. The maximum atomic E-state index is 6.63. The quantitative estimate of drug-likeness (QED) is 0.787. The Kier molecular flexibility index (Phi) is 4.23. The van der Waals surface area contributed by atoms with Gasteiger partial charge in [-0.15, -0.1) is 11.6 Å². The van der Waals surface area contributed by atoms with Crippen molar-refractivity contribution in [1.82, 2.24) is 4.98 Å². The lowest BCUT2D eigenvalue weighted by Gasteiger charge is -2.21. The molecule has 1 aliphatic heterocycles. The highest BCUT2D eigenvalue weighted by molar-refractivity contribution is 6.21. The van der Waals surface area contributed by atoms with Gasteiger partial charge in [0.05, 0.1) is 11.6 Å². The number of hydrogen-bond acceptors (Lipinski definition) is 2. The van der Waals surface area contributed by atoms with E-state index in [9.17, 15) is 0 Å². The van der Waals surface area contributed by atoms with Crippen molar-refractivity contribution in [3.63, 3.8) is 0 Å². The minimum atomic E-state index is 0.108. The Morgan fingerprint density at radius 3 is 3.00 bits per heavy atom. The van der Waals surface area contributed by atoms with Crippen molar-refractivity contribution in [3.8, 4) is 0 Å². The summed E-state index contributed by atoms with van der Waals surface area (Å²) >= 11 is 6.63. The maximum absolute atomic E-state index is 6.63. The van der Waals surface area contributed by atoms with Crippen LogP contribution >= 0.6 is 11.6 Å². The van der Waals surface area contributed by atoms with Crippen LogP contribution in [0.4, 0.5) is 0 Å². The molecule has 3 unspecified atom stereocenters. The zero-order valence-corrected chi connectivity index (χ0v) is 12.5. The zero-order valence-electron chi connectivity index (χ0n) is 11.8. The van der Waals surface area contributed by atoms with E-state index in [0.29, 0.717) is 12.0 Å². The Hall–Kier alpha value is -1.12. The molecule has 0 amide bonds. The van der Waals surface area contributed by atoms with Crippen LogP contribution in [0.3, 0.4) is 0 Å². The largest absolute Gasteiger partial charge is 0.378 e. The molecule has 2 nitrogen and oxygen atoms in total.